The summed E-state index contributed by atoms with van der Waals surface area (Å²) in [5.74, 6) is -3.04. The normalized spacial score (nSPS) is 20.6. The third-order valence-electron chi connectivity index (χ3n) is 0.950. The monoisotopic (exact) mass is 201 g/mol. The number of carboxylic acid groups (broad SMARTS) is 1. The Morgan fingerprint density at radius 2 is 1.92 bits per heavy atom. The summed E-state index contributed by atoms with van der Waals surface area (Å²) in [5, 5.41) is 7.12. The minimum atomic E-state index is -5.08. The van der Waals surface area contributed by atoms with Gasteiger partial charge in [0, 0.05) is 0 Å². The van der Waals surface area contributed by atoms with E-state index in [1.165, 1.54) is 0 Å². The summed E-state index contributed by atoms with van der Waals surface area (Å²) < 4.78 is 36.0. The van der Waals surface area contributed by atoms with E-state index >= 15 is 0 Å². The maximum Gasteiger partial charge on any atom is 0.490 e. The highest BCUT2D eigenvalue weighted by atomic mass is 19.4. The smallest absolute Gasteiger partial charge is 0.475 e. The molecule has 0 bridgehead atoms. The first-order valence-corrected chi connectivity index (χ1v) is 2.97. The minimum absolute atomic E-state index is 0.282. The molecule has 1 atom stereocenters. The second kappa shape index (κ2) is 4.08. The lowest BCUT2D eigenvalue weighted by atomic mass is 10.3. The van der Waals surface area contributed by atoms with Crippen LogP contribution < -0.4 is 5.73 Å². The van der Waals surface area contributed by atoms with E-state index in [4.69, 9.17) is 15.6 Å². The highest BCUT2D eigenvalue weighted by Crippen LogP contribution is 2.13. The summed E-state index contributed by atoms with van der Waals surface area (Å²) in [5.41, 5.74) is 5.05. The van der Waals surface area contributed by atoms with Gasteiger partial charge in [-0.25, -0.2) is 4.79 Å². The van der Waals surface area contributed by atoms with Crippen LogP contribution in [0.25, 0.3) is 0 Å². The van der Waals surface area contributed by atoms with Crippen LogP contribution in [-0.2, 0) is 14.3 Å². The molecular weight excluding hydrogens is 195 g/mol. The van der Waals surface area contributed by atoms with Crippen molar-refractivity contribution in [3.8, 4) is 0 Å². The van der Waals surface area contributed by atoms with Crippen molar-refractivity contribution in [2.45, 2.75) is 12.2 Å². The van der Waals surface area contributed by atoms with E-state index in [1.54, 1.807) is 0 Å². The number of halogens is 3. The number of ether oxygens (including phenoxy) is 1. The van der Waals surface area contributed by atoms with Crippen molar-refractivity contribution in [3.63, 3.8) is 0 Å². The average molecular weight is 201 g/mol. The number of carboxylic acids is 1. The summed E-state index contributed by atoms with van der Waals surface area (Å²) >= 11 is 0. The molecular formula is C5H6F3NO4. The molecule has 0 aromatic carbocycles. The van der Waals surface area contributed by atoms with Gasteiger partial charge in [0.25, 0.3) is 0 Å². The molecule has 1 aliphatic rings. The molecule has 5 nitrogen and oxygen atoms in total. The first kappa shape index (κ1) is 11.7. The molecule has 0 aromatic rings. The van der Waals surface area contributed by atoms with Crippen LogP contribution in [0.5, 0.6) is 0 Å². The molecule has 76 valence electrons. The van der Waals surface area contributed by atoms with Gasteiger partial charge in [0.1, 0.15) is 12.6 Å². The summed E-state index contributed by atoms with van der Waals surface area (Å²) in [6.45, 7) is 0.402. The Kier molecular flexibility index (Phi) is 3.67. The van der Waals surface area contributed by atoms with Crippen molar-refractivity contribution < 1.29 is 32.6 Å². The highest BCUT2D eigenvalue weighted by Gasteiger charge is 2.38. The van der Waals surface area contributed by atoms with Crippen LogP contribution in [-0.4, -0.2) is 35.9 Å². The fourth-order valence-corrected chi connectivity index (χ4v) is 0.248. The lowest BCUT2D eigenvalue weighted by molar-refractivity contribution is -0.192. The van der Waals surface area contributed by atoms with E-state index in [2.05, 4.69) is 4.74 Å². The fourth-order valence-electron chi connectivity index (χ4n) is 0.248. The van der Waals surface area contributed by atoms with E-state index in [9.17, 15) is 18.0 Å². The first-order valence-electron chi connectivity index (χ1n) is 2.97. The highest BCUT2D eigenvalue weighted by molar-refractivity contribution is 5.80. The zero-order valence-corrected chi connectivity index (χ0v) is 6.17. The van der Waals surface area contributed by atoms with Crippen LogP contribution >= 0.6 is 0 Å². The van der Waals surface area contributed by atoms with Crippen LogP contribution in [0.1, 0.15) is 0 Å². The van der Waals surface area contributed by atoms with E-state index in [-0.39, 0.29) is 12.0 Å². The third kappa shape index (κ3) is 4.31. The van der Waals surface area contributed by atoms with Gasteiger partial charge in [-0.15, -0.1) is 0 Å². The molecule has 0 unspecified atom stereocenters. The summed E-state index contributed by atoms with van der Waals surface area (Å²) in [7, 11) is 0. The average Bonchev–Trinajstić information content (AvgIpc) is 2.00. The molecule has 0 aromatic heterocycles. The zero-order valence-electron chi connectivity index (χ0n) is 6.17. The second-order valence-corrected chi connectivity index (χ2v) is 2.04. The zero-order chi connectivity index (χ0) is 10.6. The molecule has 0 aliphatic carbocycles. The standard InChI is InChI=1S/C3H5NO2.C2HF3O2/c4-2-1-6-3(2)5;3-2(4,5)1(6)7/h2H,1,4H2;(H,6,7)/t2-;/m0./s1. The predicted octanol–water partition coefficient (Wildman–Crippen LogP) is -0.496. The van der Waals surface area contributed by atoms with Crippen LogP contribution in [0, 0.1) is 0 Å². The van der Waals surface area contributed by atoms with Crippen LogP contribution in [0.4, 0.5) is 13.2 Å². The number of rotatable bonds is 0. The molecule has 0 amide bonds. The summed E-state index contributed by atoms with van der Waals surface area (Å²) in [4.78, 5) is 18.8. The molecule has 1 aliphatic heterocycles. The summed E-state index contributed by atoms with van der Waals surface area (Å²) in [6.07, 6.45) is -5.08. The largest absolute Gasteiger partial charge is 0.490 e. The van der Waals surface area contributed by atoms with Crippen molar-refractivity contribution in [2.75, 3.05) is 6.61 Å². The van der Waals surface area contributed by atoms with Crippen LogP contribution in [0.15, 0.2) is 0 Å². The molecule has 1 heterocycles. The Labute approximate surface area is 70.3 Å². The van der Waals surface area contributed by atoms with Gasteiger partial charge in [-0.3, -0.25) is 4.79 Å². The van der Waals surface area contributed by atoms with E-state index in [0.717, 1.165) is 0 Å². The van der Waals surface area contributed by atoms with Gasteiger partial charge in [0.05, 0.1) is 0 Å². The van der Waals surface area contributed by atoms with E-state index in [1.807, 2.05) is 0 Å². The van der Waals surface area contributed by atoms with Crippen molar-refractivity contribution in [1.29, 1.82) is 0 Å². The Morgan fingerprint density at radius 1 is 1.62 bits per heavy atom. The molecule has 1 saturated heterocycles. The molecule has 0 radical (unpaired) electrons. The predicted molar refractivity (Wildman–Crippen MR) is 32.6 cm³/mol. The molecule has 1 rings (SSSR count). The molecule has 0 saturated carbocycles. The minimum Gasteiger partial charge on any atom is -0.475 e. The van der Waals surface area contributed by atoms with Crippen LogP contribution in [0.2, 0.25) is 0 Å². The van der Waals surface area contributed by atoms with Crippen molar-refractivity contribution in [1.82, 2.24) is 0 Å². The van der Waals surface area contributed by atoms with Crippen molar-refractivity contribution >= 4 is 11.9 Å². The van der Waals surface area contributed by atoms with Crippen LogP contribution in [0.3, 0.4) is 0 Å². The SMILES string of the molecule is N[C@H]1COC1=O.O=C(O)C(F)(F)F. The number of hydrogen-bond donors (Lipinski definition) is 2. The lowest BCUT2D eigenvalue weighted by Gasteiger charge is -2.18. The number of nitrogens with two attached hydrogens (primary N) is 1. The number of carbonyl (C=O) groups is 2. The molecule has 0 spiro atoms. The number of hydrogen-bond acceptors (Lipinski definition) is 4. The maximum absolute atomic E-state index is 10.6. The van der Waals surface area contributed by atoms with Gasteiger partial charge in [-0.1, -0.05) is 0 Å². The first-order chi connectivity index (χ1) is 5.75. The lowest BCUT2D eigenvalue weighted by Crippen LogP contribution is -2.47. The van der Waals surface area contributed by atoms with Gasteiger partial charge in [0.2, 0.25) is 0 Å². The van der Waals surface area contributed by atoms with Gasteiger partial charge >= 0.3 is 18.1 Å². The molecule has 1 fully saturated rings. The summed E-state index contributed by atoms with van der Waals surface area (Å²) in [6, 6.07) is -0.329. The quantitative estimate of drug-likeness (QED) is 0.516. The Morgan fingerprint density at radius 3 is 1.92 bits per heavy atom. The fraction of sp³-hybridized carbons (Fsp3) is 0.600. The molecule has 8 heteroatoms. The van der Waals surface area contributed by atoms with Gasteiger partial charge < -0.3 is 15.6 Å². The number of carbonyl (C=O) groups excluding carboxylic acids is 1. The number of alkyl halides is 3. The molecule has 13 heavy (non-hydrogen) atoms. The maximum atomic E-state index is 10.6. The number of aliphatic carboxylic acids is 1. The topological polar surface area (TPSA) is 89.6 Å². The van der Waals surface area contributed by atoms with Crippen molar-refractivity contribution in [3.05, 3.63) is 0 Å². The molecule has 3 N–H and O–H groups in total. The van der Waals surface area contributed by atoms with E-state index in [0.29, 0.717) is 6.61 Å². The van der Waals surface area contributed by atoms with Gasteiger partial charge in [0.15, 0.2) is 0 Å². The Hall–Kier alpha value is -1.31. The second-order valence-electron chi connectivity index (χ2n) is 2.04. The third-order valence-corrected chi connectivity index (χ3v) is 0.950. The van der Waals surface area contributed by atoms with Gasteiger partial charge in [-0.2, -0.15) is 13.2 Å². The van der Waals surface area contributed by atoms with E-state index < -0.39 is 12.1 Å². The Bertz CT molecular complexity index is 214. The van der Waals surface area contributed by atoms with Gasteiger partial charge in [-0.05, 0) is 0 Å². The number of cyclic esters (lactones) is 1. The Balaban J connectivity index is 0.000000223. The van der Waals surface area contributed by atoms with Crippen molar-refractivity contribution in [2.24, 2.45) is 5.73 Å². The number of esters is 1.